The van der Waals surface area contributed by atoms with Gasteiger partial charge in [-0.05, 0) is 54.4 Å². The third-order valence-corrected chi connectivity index (χ3v) is 3.37. The summed E-state index contributed by atoms with van der Waals surface area (Å²) in [7, 11) is 0. The number of aryl methyl sites for hydroxylation is 1. The first-order chi connectivity index (χ1) is 10.1. The second-order valence-electron chi connectivity index (χ2n) is 4.91. The third kappa shape index (κ3) is 2.86. The van der Waals surface area contributed by atoms with E-state index in [0.29, 0.717) is 17.7 Å². The lowest BCUT2D eigenvalue weighted by molar-refractivity contribution is -0.116. The molecule has 21 heavy (non-hydrogen) atoms. The van der Waals surface area contributed by atoms with E-state index < -0.39 is 0 Å². The van der Waals surface area contributed by atoms with E-state index in [4.69, 9.17) is 15.9 Å². The average Bonchev–Trinajstić information content (AvgIpc) is 2.48. The molecule has 0 saturated heterocycles. The van der Waals surface area contributed by atoms with Crippen LogP contribution in [0.3, 0.4) is 0 Å². The van der Waals surface area contributed by atoms with Crippen molar-refractivity contribution < 1.29 is 9.53 Å². The minimum atomic E-state index is 0.0334. The maximum absolute atomic E-state index is 11.3. The summed E-state index contributed by atoms with van der Waals surface area (Å²) in [5.41, 5.74) is 8.00. The SMILES string of the molecule is N=C(N)c1ccc(Oc2ccc3c(c2)CCC(=O)N3)cc1. The van der Waals surface area contributed by atoms with E-state index in [-0.39, 0.29) is 11.7 Å². The Balaban J connectivity index is 1.79. The van der Waals surface area contributed by atoms with Crippen molar-refractivity contribution in [2.75, 3.05) is 5.32 Å². The van der Waals surface area contributed by atoms with Crippen LogP contribution in [0.1, 0.15) is 17.5 Å². The molecule has 0 aromatic heterocycles. The molecule has 0 aliphatic carbocycles. The molecule has 1 aliphatic rings. The van der Waals surface area contributed by atoms with Crippen LogP contribution >= 0.6 is 0 Å². The Morgan fingerprint density at radius 1 is 1.10 bits per heavy atom. The molecule has 0 atom stereocenters. The molecule has 4 N–H and O–H groups in total. The number of nitrogens with two attached hydrogens (primary N) is 1. The van der Waals surface area contributed by atoms with Gasteiger partial charge in [0.1, 0.15) is 17.3 Å². The zero-order valence-corrected chi connectivity index (χ0v) is 11.3. The van der Waals surface area contributed by atoms with E-state index in [0.717, 1.165) is 23.4 Å². The highest BCUT2D eigenvalue weighted by atomic mass is 16.5. The summed E-state index contributed by atoms with van der Waals surface area (Å²) >= 11 is 0. The number of fused-ring (bicyclic) bond motifs is 1. The maximum atomic E-state index is 11.3. The van der Waals surface area contributed by atoms with Crippen LogP contribution in [0.4, 0.5) is 5.69 Å². The molecule has 0 saturated carbocycles. The van der Waals surface area contributed by atoms with Crippen LogP contribution < -0.4 is 15.8 Å². The average molecular weight is 281 g/mol. The number of benzene rings is 2. The molecule has 5 nitrogen and oxygen atoms in total. The Kier molecular flexibility index (Phi) is 3.31. The molecular weight excluding hydrogens is 266 g/mol. The van der Waals surface area contributed by atoms with Crippen molar-refractivity contribution in [3.05, 3.63) is 53.6 Å². The fraction of sp³-hybridized carbons (Fsp3) is 0.125. The molecule has 0 bridgehead atoms. The van der Waals surface area contributed by atoms with Gasteiger partial charge in [-0.3, -0.25) is 10.2 Å². The molecule has 5 heteroatoms. The highest BCUT2D eigenvalue weighted by molar-refractivity contribution is 5.95. The predicted octanol–water partition coefficient (Wildman–Crippen LogP) is 2.65. The van der Waals surface area contributed by atoms with E-state index in [1.807, 2.05) is 18.2 Å². The molecule has 1 amide bonds. The van der Waals surface area contributed by atoms with Crippen molar-refractivity contribution in [3.63, 3.8) is 0 Å². The summed E-state index contributed by atoms with van der Waals surface area (Å²) in [6.07, 6.45) is 1.23. The quantitative estimate of drug-likeness (QED) is 0.597. The van der Waals surface area contributed by atoms with Gasteiger partial charge in [0.15, 0.2) is 0 Å². The molecule has 0 spiro atoms. The largest absolute Gasteiger partial charge is 0.457 e. The van der Waals surface area contributed by atoms with E-state index in [9.17, 15) is 4.79 Å². The maximum Gasteiger partial charge on any atom is 0.224 e. The van der Waals surface area contributed by atoms with Gasteiger partial charge >= 0.3 is 0 Å². The van der Waals surface area contributed by atoms with Gasteiger partial charge in [-0.25, -0.2) is 0 Å². The standard InChI is InChI=1S/C16H15N3O2/c17-16(18)10-1-4-12(5-2-10)21-13-6-7-14-11(9-13)3-8-15(20)19-14/h1-2,4-7,9H,3,8H2,(H3,17,18)(H,19,20). The lowest BCUT2D eigenvalue weighted by atomic mass is 10.0. The van der Waals surface area contributed by atoms with Crippen LogP contribution in [0.5, 0.6) is 11.5 Å². The first-order valence-corrected chi connectivity index (χ1v) is 6.67. The number of amides is 1. The summed E-state index contributed by atoms with van der Waals surface area (Å²) < 4.78 is 5.78. The van der Waals surface area contributed by atoms with E-state index in [1.54, 1.807) is 24.3 Å². The summed E-state index contributed by atoms with van der Waals surface area (Å²) in [4.78, 5) is 11.3. The Bertz CT molecular complexity index is 708. The highest BCUT2D eigenvalue weighted by Gasteiger charge is 2.15. The van der Waals surface area contributed by atoms with Crippen molar-refractivity contribution in [1.29, 1.82) is 5.41 Å². The van der Waals surface area contributed by atoms with Gasteiger partial charge in [0, 0.05) is 17.7 Å². The van der Waals surface area contributed by atoms with Gasteiger partial charge in [-0.15, -0.1) is 0 Å². The molecule has 2 aromatic carbocycles. The van der Waals surface area contributed by atoms with Crippen LogP contribution in [0.15, 0.2) is 42.5 Å². The number of ether oxygens (including phenoxy) is 1. The van der Waals surface area contributed by atoms with Crippen molar-refractivity contribution in [2.24, 2.45) is 5.73 Å². The monoisotopic (exact) mass is 281 g/mol. The van der Waals surface area contributed by atoms with Gasteiger partial charge in [-0.2, -0.15) is 0 Å². The van der Waals surface area contributed by atoms with Gasteiger partial charge in [0.2, 0.25) is 5.91 Å². The second kappa shape index (κ2) is 5.28. The Morgan fingerprint density at radius 2 is 1.81 bits per heavy atom. The zero-order valence-electron chi connectivity index (χ0n) is 11.3. The second-order valence-corrected chi connectivity index (χ2v) is 4.91. The lowest BCUT2D eigenvalue weighted by Crippen LogP contribution is -2.18. The number of rotatable bonds is 3. The zero-order chi connectivity index (χ0) is 14.8. The molecule has 1 aliphatic heterocycles. The Labute approximate surface area is 122 Å². The molecule has 0 radical (unpaired) electrons. The first-order valence-electron chi connectivity index (χ1n) is 6.67. The van der Waals surface area contributed by atoms with E-state index in [1.165, 1.54) is 0 Å². The number of amidine groups is 1. The summed E-state index contributed by atoms with van der Waals surface area (Å²) in [5.74, 6) is 1.49. The highest BCUT2D eigenvalue weighted by Crippen LogP contribution is 2.29. The minimum absolute atomic E-state index is 0.0334. The van der Waals surface area contributed by atoms with Crippen molar-refractivity contribution in [2.45, 2.75) is 12.8 Å². The topological polar surface area (TPSA) is 88.2 Å². The predicted molar refractivity (Wildman–Crippen MR) is 80.9 cm³/mol. The number of carbonyl (C=O) groups is 1. The fourth-order valence-electron chi connectivity index (χ4n) is 2.26. The molecule has 2 aromatic rings. The number of carbonyl (C=O) groups excluding carboxylic acids is 1. The summed E-state index contributed by atoms with van der Waals surface area (Å²) in [5, 5.41) is 10.2. The van der Waals surface area contributed by atoms with E-state index in [2.05, 4.69) is 5.32 Å². The molecule has 106 valence electrons. The number of anilines is 1. The van der Waals surface area contributed by atoms with Crippen LogP contribution in [-0.4, -0.2) is 11.7 Å². The van der Waals surface area contributed by atoms with Crippen LogP contribution in [0.25, 0.3) is 0 Å². The summed E-state index contributed by atoms with van der Waals surface area (Å²) in [6.45, 7) is 0. The molecular formula is C16H15N3O2. The van der Waals surface area contributed by atoms with Gasteiger partial charge in [-0.1, -0.05) is 0 Å². The van der Waals surface area contributed by atoms with Crippen molar-refractivity contribution in [1.82, 2.24) is 0 Å². The smallest absolute Gasteiger partial charge is 0.224 e. The van der Waals surface area contributed by atoms with Crippen molar-refractivity contribution >= 4 is 17.4 Å². The molecule has 0 fully saturated rings. The number of hydrogen-bond donors (Lipinski definition) is 3. The van der Waals surface area contributed by atoms with Gasteiger partial charge < -0.3 is 15.8 Å². The first kappa shape index (κ1) is 13.2. The van der Waals surface area contributed by atoms with Gasteiger partial charge in [0.25, 0.3) is 0 Å². The molecule has 3 rings (SSSR count). The number of nitrogen functional groups attached to an aromatic ring is 1. The number of nitrogens with one attached hydrogen (secondary N) is 2. The number of hydrogen-bond acceptors (Lipinski definition) is 3. The van der Waals surface area contributed by atoms with Crippen LogP contribution in [0.2, 0.25) is 0 Å². The van der Waals surface area contributed by atoms with Gasteiger partial charge in [0.05, 0.1) is 0 Å². The Hall–Kier alpha value is -2.82. The normalized spacial score (nSPS) is 13.2. The summed E-state index contributed by atoms with van der Waals surface area (Å²) in [6, 6.07) is 12.7. The fourth-order valence-corrected chi connectivity index (χ4v) is 2.26. The van der Waals surface area contributed by atoms with Crippen LogP contribution in [0, 0.1) is 5.41 Å². The molecule has 0 unspecified atom stereocenters. The Morgan fingerprint density at radius 3 is 2.52 bits per heavy atom. The van der Waals surface area contributed by atoms with E-state index >= 15 is 0 Å². The van der Waals surface area contributed by atoms with Crippen molar-refractivity contribution in [3.8, 4) is 11.5 Å². The lowest BCUT2D eigenvalue weighted by Gasteiger charge is -2.17. The molecule has 1 heterocycles. The van der Waals surface area contributed by atoms with Crippen LogP contribution in [-0.2, 0) is 11.2 Å². The minimum Gasteiger partial charge on any atom is -0.457 e. The third-order valence-electron chi connectivity index (χ3n) is 3.37.